The summed E-state index contributed by atoms with van der Waals surface area (Å²) >= 11 is 3.51. The van der Waals surface area contributed by atoms with Gasteiger partial charge >= 0.3 is 0 Å². The molecule has 0 radical (unpaired) electrons. The van der Waals surface area contributed by atoms with Crippen LogP contribution < -0.4 is 10.6 Å². The SMILES string of the molecule is Brc1cnc(Nc2cccc(CN3CC=CC3)c2)nc1NCCc1cnc[nH]1. The van der Waals surface area contributed by atoms with Crippen LogP contribution in [0.1, 0.15) is 11.3 Å². The van der Waals surface area contributed by atoms with Crippen molar-refractivity contribution in [3.05, 3.63) is 70.9 Å². The van der Waals surface area contributed by atoms with Crippen molar-refractivity contribution in [3.8, 4) is 0 Å². The Hall–Kier alpha value is -2.71. The van der Waals surface area contributed by atoms with Gasteiger partial charge in [0.25, 0.3) is 0 Å². The minimum atomic E-state index is 0.562. The highest BCUT2D eigenvalue weighted by Crippen LogP contribution is 2.22. The van der Waals surface area contributed by atoms with Crippen LogP contribution in [-0.4, -0.2) is 44.5 Å². The normalized spacial score (nSPS) is 13.8. The van der Waals surface area contributed by atoms with Gasteiger partial charge in [0.1, 0.15) is 5.82 Å². The van der Waals surface area contributed by atoms with E-state index in [9.17, 15) is 0 Å². The number of aromatic nitrogens is 4. The maximum absolute atomic E-state index is 4.59. The number of hydrogen-bond donors (Lipinski definition) is 3. The Kier molecular flexibility index (Phi) is 5.98. The Bertz CT molecular complexity index is 931. The first kappa shape index (κ1) is 18.6. The van der Waals surface area contributed by atoms with E-state index in [0.717, 1.165) is 54.3 Å². The van der Waals surface area contributed by atoms with Gasteiger partial charge in [-0.3, -0.25) is 4.90 Å². The lowest BCUT2D eigenvalue weighted by molar-refractivity contribution is 0.345. The Labute approximate surface area is 172 Å². The standard InChI is InChI=1S/C20H22BrN7/c21-18-12-24-20(27-19(18)23-7-6-17-11-22-14-25-17)26-16-5-3-4-15(10-16)13-28-8-1-2-9-28/h1-5,10-12,14H,6-9,13H2,(H,22,25)(H2,23,24,26,27). The van der Waals surface area contributed by atoms with Gasteiger partial charge in [0, 0.05) is 56.4 Å². The smallest absolute Gasteiger partial charge is 0.229 e. The molecule has 28 heavy (non-hydrogen) atoms. The van der Waals surface area contributed by atoms with E-state index in [2.05, 4.69) is 81.8 Å². The topological polar surface area (TPSA) is 81.8 Å². The van der Waals surface area contributed by atoms with Crippen molar-refractivity contribution in [1.29, 1.82) is 0 Å². The van der Waals surface area contributed by atoms with Crippen LogP contribution in [0.2, 0.25) is 0 Å². The first-order chi connectivity index (χ1) is 13.8. The van der Waals surface area contributed by atoms with Crippen molar-refractivity contribution >= 4 is 33.4 Å². The molecule has 1 aliphatic rings. The summed E-state index contributed by atoms with van der Waals surface area (Å²) in [4.78, 5) is 18.5. The molecule has 7 nitrogen and oxygen atoms in total. The number of anilines is 3. The van der Waals surface area contributed by atoms with E-state index < -0.39 is 0 Å². The molecule has 144 valence electrons. The average molecular weight is 440 g/mol. The maximum Gasteiger partial charge on any atom is 0.229 e. The molecule has 4 rings (SSSR count). The van der Waals surface area contributed by atoms with Crippen LogP contribution in [0.5, 0.6) is 0 Å². The fourth-order valence-corrected chi connectivity index (χ4v) is 3.41. The molecule has 3 heterocycles. The molecule has 0 atom stereocenters. The summed E-state index contributed by atoms with van der Waals surface area (Å²) < 4.78 is 0.831. The zero-order valence-electron chi connectivity index (χ0n) is 15.4. The van der Waals surface area contributed by atoms with E-state index in [-0.39, 0.29) is 0 Å². The summed E-state index contributed by atoms with van der Waals surface area (Å²) in [6.07, 6.45) is 10.5. The summed E-state index contributed by atoms with van der Waals surface area (Å²) in [5.41, 5.74) is 3.33. The van der Waals surface area contributed by atoms with Crippen LogP contribution >= 0.6 is 15.9 Å². The molecule has 3 N–H and O–H groups in total. The van der Waals surface area contributed by atoms with E-state index in [1.165, 1.54) is 5.56 Å². The minimum Gasteiger partial charge on any atom is -0.369 e. The van der Waals surface area contributed by atoms with Crippen LogP contribution in [0.4, 0.5) is 17.5 Å². The average Bonchev–Trinajstić information content (AvgIpc) is 3.39. The van der Waals surface area contributed by atoms with Crippen molar-refractivity contribution in [1.82, 2.24) is 24.8 Å². The Balaban J connectivity index is 1.38. The van der Waals surface area contributed by atoms with Gasteiger partial charge in [-0.2, -0.15) is 4.98 Å². The van der Waals surface area contributed by atoms with Crippen molar-refractivity contribution in [2.45, 2.75) is 13.0 Å². The highest BCUT2D eigenvalue weighted by atomic mass is 79.9. The van der Waals surface area contributed by atoms with Crippen molar-refractivity contribution in [2.24, 2.45) is 0 Å². The van der Waals surface area contributed by atoms with Gasteiger partial charge in [-0.1, -0.05) is 24.3 Å². The largest absolute Gasteiger partial charge is 0.369 e. The van der Waals surface area contributed by atoms with Crippen LogP contribution in [0.3, 0.4) is 0 Å². The maximum atomic E-state index is 4.59. The van der Waals surface area contributed by atoms with E-state index in [0.29, 0.717) is 5.95 Å². The zero-order chi connectivity index (χ0) is 19.2. The lowest BCUT2D eigenvalue weighted by Gasteiger charge is -2.15. The van der Waals surface area contributed by atoms with Gasteiger partial charge in [0.05, 0.1) is 10.8 Å². The van der Waals surface area contributed by atoms with Gasteiger partial charge in [-0.25, -0.2) is 9.97 Å². The number of benzene rings is 1. The summed E-state index contributed by atoms with van der Waals surface area (Å²) in [5, 5.41) is 6.65. The van der Waals surface area contributed by atoms with E-state index in [1.807, 2.05) is 12.3 Å². The number of imidazole rings is 1. The number of aromatic amines is 1. The third-order valence-electron chi connectivity index (χ3n) is 4.47. The monoisotopic (exact) mass is 439 g/mol. The van der Waals surface area contributed by atoms with Gasteiger partial charge in [-0.15, -0.1) is 0 Å². The van der Waals surface area contributed by atoms with Crippen LogP contribution in [0.25, 0.3) is 0 Å². The summed E-state index contributed by atoms with van der Waals surface area (Å²) in [6.45, 7) is 3.71. The Morgan fingerprint density at radius 3 is 2.89 bits per heavy atom. The first-order valence-electron chi connectivity index (χ1n) is 9.23. The zero-order valence-corrected chi connectivity index (χ0v) is 17.0. The second kappa shape index (κ2) is 8.99. The molecule has 8 heteroatoms. The molecule has 1 aliphatic heterocycles. The molecule has 0 saturated carbocycles. The molecular formula is C20H22BrN7. The molecule has 0 aliphatic carbocycles. The molecule has 3 aromatic rings. The highest BCUT2D eigenvalue weighted by Gasteiger charge is 2.09. The summed E-state index contributed by atoms with van der Waals surface area (Å²) in [5.74, 6) is 1.32. The molecule has 0 fully saturated rings. The first-order valence-corrected chi connectivity index (χ1v) is 10.0. The Morgan fingerprint density at radius 2 is 2.07 bits per heavy atom. The number of halogens is 1. The molecule has 0 bridgehead atoms. The summed E-state index contributed by atoms with van der Waals surface area (Å²) in [6, 6.07) is 8.38. The Morgan fingerprint density at radius 1 is 1.18 bits per heavy atom. The van der Waals surface area contributed by atoms with E-state index >= 15 is 0 Å². The highest BCUT2D eigenvalue weighted by molar-refractivity contribution is 9.10. The second-order valence-electron chi connectivity index (χ2n) is 6.63. The molecule has 0 saturated heterocycles. The molecular weight excluding hydrogens is 418 g/mol. The third-order valence-corrected chi connectivity index (χ3v) is 5.05. The van der Waals surface area contributed by atoms with Crippen LogP contribution in [-0.2, 0) is 13.0 Å². The number of rotatable bonds is 8. The molecule has 0 spiro atoms. The van der Waals surface area contributed by atoms with Gasteiger partial charge in [0.15, 0.2) is 0 Å². The number of nitrogens with one attached hydrogen (secondary N) is 3. The van der Waals surface area contributed by atoms with E-state index in [4.69, 9.17) is 0 Å². The lowest BCUT2D eigenvalue weighted by atomic mass is 10.2. The quantitative estimate of drug-likeness (QED) is 0.463. The van der Waals surface area contributed by atoms with Crippen molar-refractivity contribution in [2.75, 3.05) is 30.3 Å². The predicted octanol–water partition coefficient (Wildman–Crippen LogP) is 3.73. The van der Waals surface area contributed by atoms with Gasteiger partial charge in [0.2, 0.25) is 5.95 Å². The molecule has 0 amide bonds. The number of H-pyrrole nitrogens is 1. The summed E-state index contributed by atoms with van der Waals surface area (Å²) in [7, 11) is 0. The third kappa shape index (κ3) is 4.96. The minimum absolute atomic E-state index is 0.562. The molecule has 1 aromatic carbocycles. The van der Waals surface area contributed by atoms with Crippen molar-refractivity contribution in [3.63, 3.8) is 0 Å². The second-order valence-corrected chi connectivity index (χ2v) is 7.49. The number of nitrogens with zero attached hydrogens (tertiary/aromatic N) is 4. The van der Waals surface area contributed by atoms with Crippen LogP contribution in [0.15, 0.2) is 59.6 Å². The van der Waals surface area contributed by atoms with Crippen LogP contribution in [0, 0.1) is 0 Å². The predicted molar refractivity (Wildman–Crippen MR) is 115 cm³/mol. The van der Waals surface area contributed by atoms with Crippen molar-refractivity contribution < 1.29 is 0 Å². The number of hydrogen-bond acceptors (Lipinski definition) is 6. The molecule has 0 unspecified atom stereocenters. The van der Waals surface area contributed by atoms with Gasteiger partial charge < -0.3 is 15.6 Å². The fourth-order valence-electron chi connectivity index (χ4n) is 3.07. The van der Waals surface area contributed by atoms with Gasteiger partial charge in [-0.05, 0) is 33.6 Å². The molecule has 2 aromatic heterocycles. The fraction of sp³-hybridized carbons (Fsp3) is 0.250. The van der Waals surface area contributed by atoms with E-state index in [1.54, 1.807) is 12.5 Å². The lowest BCUT2D eigenvalue weighted by Crippen LogP contribution is -2.19.